The van der Waals surface area contributed by atoms with E-state index in [1.165, 1.54) is 5.56 Å². The summed E-state index contributed by atoms with van der Waals surface area (Å²) in [5, 5.41) is 5.39. The third kappa shape index (κ3) is 3.88. The van der Waals surface area contributed by atoms with Crippen LogP contribution in [0.4, 0.5) is 0 Å². The Morgan fingerprint density at radius 2 is 1.96 bits per heavy atom. The molecule has 0 fully saturated rings. The second kappa shape index (κ2) is 7.46. The summed E-state index contributed by atoms with van der Waals surface area (Å²) in [6.07, 6.45) is 0.432. The molecule has 0 saturated heterocycles. The number of hydrogen-bond donors (Lipinski definition) is 0. The number of nitrogens with zero attached hydrogens (tertiary/aromatic N) is 3. The quantitative estimate of drug-likeness (QED) is 0.645. The maximum Gasteiger partial charge on any atom is 0.215 e. The number of fused-ring (bicyclic) bond motifs is 1. The Morgan fingerprint density at radius 3 is 2.65 bits per heavy atom. The van der Waals surface area contributed by atoms with E-state index < -0.39 is 0 Å². The summed E-state index contributed by atoms with van der Waals surface area (Å²) in [6, 6.07) is 10.0. The fraction of sp³-hybridized carbons (Fsp3) is 0.350. The Balaban J connectivity index is 1.65. The Morgan fingerprint density at radius 1 is 1.27 bits per heavy atom. The number of ketones is 1. The smallest absolute Gasteiger partial charge is 0.215 e. The maximum atomic E-state index is 12.3. The second-order valence-electron chi connectivity index (χ2n) is 6.73. The largest absolute Gasteiger partial charge is 0.470 e. The zero-order valence-electron chi connectivity index (χ0n) is 15.4. The summed E-state index contributed by atoms with van der Waals surface area (Å²) >= 11 is 6.12. The number of aryl methyl sites for hydroxylation is 3. The molecule has 3 rings (SSSR count). The first kappa shape index (κ1) is 18.4. The van der Waals surface area contributed by atoms with Gasteiger partial charge in [0.05, 0.1) is 5.39 Å². The van der Waals surface area contributed by atoms with Crippen LogP contribution in [-0.2, 0) is 11.8 Å². The van der Waals surface area contributed by atoms with E-state index in [4.69, 9.17) is 16.3 Å². The summed E-state index contributed by atoms with van der Waals surface area (Å²) in [5.41, 5.74) is 3.93. The van der Waals surface area contributed by atoms with Crippen molar-refractivity contribution in [1.82, 2.24) is 14.8 Å². The number of halogens is 1. The molecular weight excluding hydrogens is 350 g/mol. The van der Waals surface area contributed by atoms with Gasteiger partial charge in [0.15, 0.2) is 16.6 Å². The summed E-state index contributed by atoms with van der Waals surface area (Å²) in [6.45, 7) is 6.02. The minimum atomic E-state index is -0.000266. The van der Waals surface area contributed by atoms with E-state index in [0.717, 1.165) is 16.5 Å². The highest BCUT2D eigenvalue weighted by molar-refractivity contribution is 6.34. The standard InChI is InChI=1S/C20H22ClN3O2/c1-12-5-7-15(8-6-12)13(2)9-16(25)11-26-17-10-14(3)18-19(21)23-24(4)20(18)22-17/h5-8,10,13H,9,11H2,1-4H3/t13-/m1/s1. The number of benzene rings is 1. The molecule has 0 spiro atoms. The van der Waals surface area contributed by atoms with E-state index in [9.17, 15) is 4.79 Å². The molecule has 0 radical (unpaired) electrons. The van der Waals surface area contributed by atoms with Crippen LogP contribution in [0, 0.1) is 13.8 Å². The van der Waals surface area contributed by atoms with E-state index in [1.54, 1.807) is 17.8 Å². The first-order chi connectivity index (χ1) is 12.3. The number of Topliss-reactive ketones (excluding diaryl/α,β-unsaturated/α-hetero) is 1. The number of ether oxygens (including phenoxy) is 1. The zero-order chi connectivity index (χ0) is 18.8. The Hall–Kier alpha value is -2.40. The van der Waals surface area contributed by atoms with Crippen LogP contribution in [0.5, 0.6) is 5.88 Å². The van der Waals surface area contributed by atoms with E-state index >= 15 is 0 Å². The summed E-state index contributed by atoms with van der Waals surface area (Å²) in [5.74, 6) is 0.603. The van der Waals surface area contributed by atoms with Crippen LogP contribution in [0.25, 0.3) is 11.0 Å². The van der Waals surface area contributed by atoms with Gasteiger partial charge >= 0.3 is 0 Å². The van der Waals surface area contributed by atoms with Crippen molar-refractivity contribution in [2.75, 3.05) is 6.61 Å². The molecular formula is C20H22ClN3O2. The van der Waals surface area contributed by atoms with Gasteiger partial charge in [-0.15, -0.1) is 0 Å². The first-order valence-electron chi connectivity index (χ1n) is 8.56. The number of pyridine rings is 1. The lowest BCUT2D eigenvalue weighted by molar-refractivity contribution is -0.121. The Bertz CT molecular complexity index is 948. The van der Waals surface area contributed by atoms with Crippen LogP contribution >= 0.6 is 11.6 Å². The Labute approximate surface area is 157 Å². The average Bonchev–Trinajstić information content (AvgIpc) is 2.88. The van der Waals surface area contributed by atoms with Crippen LogP contribution in [0.3, 0.4) is 0 Å². The monoisotopic (exact) mass is 371 g/mol. The topological polar surface area (TPSA) is 57.0 Å². The van der Waals surface area contributed by atoms with Gasteiger partial charge in [0.1, 0.15) is 6.61 Å². The molecule has 1 aromatic carbocycles. The second-order valence-corrected chi connectivity index (χ2v) is 7.09. The predicted octanol–water partition coefficient (Wildman–Crippen LogP) is 4.38. The van der Waals surface area contributed by atoms with E-state index in [0.29, 0.717) is 23.1 Å². The normalized spacial score (nSPS) is 12.3. The molecule has 2 aromatic heterocycles. The minimum Gasteiger partial charge on any atom is -0.470 e. The highest BCUT2D eigenvalue weighted by atomic mass is 35.5. The third-order valence-corrected chi connectivity index (χ3v) is 4.75. The average molecular weight is 372 g/mol. The number of hydrogen-bond acceptors (Lipinski definition) is 4. The molecule has 0 N–H and O–H groups in total. The van der Waals surface area contributed by atoms with E-state index in [1.807, 2.05) is 6.92 Å². The molecule has 0 aliphatic carbocycles. The van der Waals surface area contributed by atoms with Crippen molar-refractivity contribution in [2.24, 2.45) is 7.05 Å². The summed E-state index contributed by atoms with van der Waals surface area (Å²) in [4.78, 5) is 16.7. The van der Waals surface area contributed by atoms with Crippen LogP contribution in [0.2, 0.25) is 5.15 Å². The van der Waals surface area contributed by atoms with Crippen molar-refractivity contribution < 1.29 is 9.53 Å². The molecule has 0 aliphatic heterocycles. The zero-order valence-corrected chi connectivity index (χ0v) is 16.2. The lowest BCUT2D eigenvalue weighted by Crippen LogP contribution is -2.14. The van der Waals surface area contributed by atoms with Gasteiger partial charge in [-0.3, -0.25) is 4.79 Å². The molecule has 5 nitrogen and oxygen atoms in total. The Kier molecular flexibility index (Phi) is 5.28. The molecule has 1 atom stereocenters. The fourth-order valence-electron chi connectivity index (χ4n) is 2.99. The first-order valence-corrected chi connectivity index (χ1v) is 8.94. The molecule has 0 amide bonds. The number of carbonyl (C=O) groups excluding carboxylic acids is 1. The van der Waals surface area contributed by atoms with Crippen LogP contribution < -0.4 is 4.74 Å². The van der Waals surface area contributed by atoms with Gasteiger partial charge in [-0.05, 0) is 30.9 Å². The van der Waals surface area contributed by atoms with Crippen molar-refractivity contribution in [3.63, 3.8) is 0 Å². The SMILES string of the molecule is Cc1ccc([C@H](C)CC(=O)COc2cc(C)c3c(Cl)nn(C)c3n2)cc1. The lowest BCUT2D eigenvalue weighted by atomic mass is 9.95. The molecule has 136 valence electrons. The van der Waals surface area contributed by atoms with Crippen LogP contribution in [0.15, 0.2) is 30.3 Å². The van der Waals surface area contributed by atoms with Gasteiger partial charge in [-0.2, -0.15) is 10.1 Å². The molecule has 26 heavy (non-hydrogen) atoms. The molecule has 0 unspecified atom stereocenters. The van der Waals surface area contributed by atoms with Gasteiger partial charge in [0.2, 0.25) is 5.88 Å². The van der Waals surface area contributed by atoms with Crippen LogP contribution in [0.1, 0.15) is 36.0 Å². The molecule has 2 heterocycles. The predicted molar refractivity (Wildman–Crippen MR) is 103 cm³/mol. The number of rotatable bonds is 6. The molecule has 0 aliphatic rings. The van der Waals surface area contributed by atoms with Gasteiger partial charge in [0, 0.05) is 19.5 Å². The van der Waals surface area contributed by atoms with Crippen molar-refractivity contribution in [2.45, 2.75) is 33.1 Å². The molecule has 0 saturated carbocycles. The number of carbonyl (C=O) groups is 1. The van der Waals surface area contributed by atoms with Crippen LogP contribution in [-0.4, -0.2) is 27.2 Å². The molecule has 3 aromatic rings. The lowest BCUT2D eigenvalue weighted by Gasteiger charge is -2.12. The highest BCUT2D eigenvalue weighted by Crippen LogP contribution is 2.27. The van der Waals surface area contributed by atoms with Crippen molar-refractivity contribution in [1.29, 1.82) is 0 Å². The van der Waals surface area contributed by atoms with Gasteiger partial charge in [-0.25, -0.2) is 4.68 Å². The van der Waals surface area contributed by atoms with E-state index in [-0.39, 0.29) is 18.3 Å². The summed E-state index contributed by atoms with van der Waals surface area (Å²) in [7, 11) is 1.78. The van der Waals surface area contributed by atoms with Gasteiger partial charge < -0.3 is 4.74 Å². The van der Waals surface area contributed by atoms with Gasteiger partial charge in [0.25, 0.3) is 0 Å². The summed E-state index contributed by atoms with van der Waals surface area (Å²) < 4.78 is 7.24. The number of aromatic nitrogens is 3. The maximum absolute atomic E-state index is 12.3. The highest BCUT2D eigenvalue weighted by Gasteiger charge is 2.15. The van der Waals surface area contributed by atoms with Gasteiger partial charge in [-0.1, -0.05) is 48.4 Å². The van der Waals surface area contributed by atoms with E-state index in [2.05, 4.69) is 48.2 Å². The van der Waals surface area contributed by atoms with Crippen molar-refractivity contribution >= 4 is 28.4 Å². The van der Waals surface area contributed by atoms with Crippen molar-refractivity contribution in [3.05, 3.63) is 52.2 Å². The fourth-order valence-corrected chi connectivity index (χ4v) is 3.33. The minimum absolute atomic E-state index is 0.000266. The molecule has 6 heteroatoms. The molecule has 0 bridgehead atoms. The van der Waals surface area contributed by atoms with Crippen molar-refractivity contribution in [3.8, 4) is 5.88 Å². The third-order valence-electron chi connectivity index (χ3n) is 4.49.